The Kier molecular flexibility index (Phi) is 2.96. The fourth-order valence-electron chi connectivity index (χ4n) is 2.25. The van der Waals surface area contributed by atoms with Crippen molar-refractivity contribution in [2.45, 2.75) is 4.90 Å². The third-order valence-corrected chi connectivity index (χ3v) is 5.19. The molecule has 1 saturated heterocycles. The number of hydrogen-bond donors (Lipinski definition) is 2. The van der Waals surface area contributed by atoms with Crippen molar-refractivity contribution in [3.63, 3.8) is 0 Å². The highest BCUT2D eigenvalue weighted by Crippen LogP contribution is 2.27. The molecule has 1 aromatic carbocycles. The third kappa shape index (κ3) is 2.09. The average Bonchev–Trinajstić information content (AvgIpc) is 2.83. The van der Waals surface area contributed by atoms with Crippen LogP contribution in [-0.4, -0.2) is 44.0 Å². The molecule has 1 aliphatic heterocycles. The van der Waals surface area contributed by atoms with Crippen LogP contribution in [0.5, 0.6) is 0 Å². The molecule has 0 aliphatic carbocycles. The quantitative estimate of drug-likeness (QED) is 0.796. The maximum atomic E-state index is 12.6. The van der Waals surface area contributed by atoms with E-state index in [1.54, 1.807) is 18.2 Å². The lowest BCUT2D eigenvalue weighted by molar-refractivity contribution is 0.0730. The van der Waals surface area contributed by atoms with Gasteiger partial charge in [0.1, 0.15) is 4.90 Å². The van der Waals surface area contributed by atoms with E-state index in [4.69, 9.17) is 10.5 Å². The second-order valence-electron chi connectivity index (χ2n) is 4.47. The molecule has 102 valence electrons. The summed E-state index contributed by atoms with van der Waals surface area (Å²) in [7, 11) is -3.50. The number of rotatable bonds is 2. The molecule has 0 saturated carbocycles. The Morgan fingerprint density at radius 3 is 2.74 bits per heavy atom. The topological polar surface area (TPSA) is 88.4 Å². The summed E-state index contributed by atoms with van der Waals surface area (Å²) in [6, 6.07) is 5.20. The van der Waals surface area contributed by atoms with Gasteiger partial charge < -0.3 is 15.5 Å². The predicted molar refractivity (Wildman–Crippen MR) is 72.3 cm³/mol. The van der Waals surface area contributed by atoms with Crippen molar-refractivity contribution in [1.82, 2.24) is 9.29 Å². The number of sulfonamides is 1. The van der Waals surface area contributed by atoms with E-state index in [-0.39, 0.29) is 4.90 Å². The molecule has 2 heterocycles. The highest BCUT2D eigenvalue weighted by atomic mass is 32.2. The molecule has 0 amide bonds. The van der Waals surface area contributed by atoms with Gasteiger partial charge in [0.05, 0.1) is 13.2 Å². The molecule has 2 aromatic rings. The summed E-state index contributed by atoms with van der Waals surface area (Å²) in [6.07, 6.45) is 1.52. The first-order valence-electron chi connectivity index (χ1n) is 6.03. The monoisotopic (exact) mass is 281 g/mol. The number of morpholine rings is 1. The molecule has 1 fully saturated rings. The van der Waals surface area contributed by atoms with E-state index >= 15 is 0 Å². The highest BCUT2D eigenvalue weighted by Gasteiger charge is 2.28. The van der Waals surface area contributed by atoms with Crippen LogP contribution in [0.25, 0.3) is 10.9 Å². The maximum absolute atomic E-state index is 12.6. The molecule has 19 heavy (non-hydrogen) atoms. The van der Waals surface area contributed by atoms with Crippen molar-refractivity contribution < 1.29 is 13.2 Å². The lowest BCUT2D eigenvalue weighted by Crippen LogP contribution is -2.40. The smallest absolute Gasteiger partial charge is 0.245 e. The Morgan fingerprint density at radius 1 is 1.26 bits per heavy atom. The predicted octanol–water partition coefficient (Wildman–Crippen LogP) is 0.771. The zero-order valence-electron chi connectivity index (χ0n) is 10.3. The molecule has 0 unspecified atom stereocenters. The van der Waals surface area contributed by atoms with E-state index in [1.807, 2.05) is 0 Å². The van der Waals surface area contributed by atoms with Gasteiger partial charge in [-0.1, -0.05) is 0 Å². The van der Waals surface area contributed by atoms with Crippen LogP contribution in [0.4, 0.5) is 5.69 Å². The number of H-pyrrole nitrogens is 1. The van der Waals surface area contributed by atoms with E-state index in [2.05, 4.69) is 4.98 Å². The molecule has 1 aromatic heterocycles. The Morgan fingerprint density at radius 2 is 2.00 bits per heavy atom. The van der Waals surface area contributed by atoms with Crippen molar-refractivity contribution in [2.24, 2.45) is 0 Å². The molecule has 0 spiro atoms. The molecule has 6 nitrogen and oxygen atoms in total. The summed E-state index contributed by atoms with van der Waals surface area (Å²) in [5.41, 5.74) is 7.04. The van der Waals surface area contributed by atoms with E-state index in [0.717, 1.165) is 5.52 Å². The van der Waals surface area contributed by atoms with Crippen molar-refractivity contribution in [3.05, 3.63) is 24.4 Å². The van der Waals surface area contributed by atoms with Crippen LogP contribution in [0.1, 0.15) is 0 Å². The number of fused-ring (bicyclic) bond motifs is 1. The van der Waals surface area contributed by atoms with E-state index in [9.17, 15) is 8.42 Å². The molecular formula is C12H15N3O3S. The standard InChI is InChI=1S/C12H15N3O3S/c13-9-1-2-11-10(7-9)12(8-14-11)19(16,17)15-3-5-18-6-4-15/h1-2,7-8,14H,3-6,13H2. The number of ether oxygens (including phenoxy) is 1. The van der Waals surface area contributed by atoms with Gasteiger partial charge in [-0.15, -0.1) is 0 Å². The van der Waals surface area contributed by atoms with Crippen molar-refractivity contribution in [2.75, 3.05) is 32.0 Å². The number of aromatic nitrogens is 1. The van der Waals surface area contributed by atoms with Crippen LogP contribution in [0.3, 0.4) is 0 Å². The SMILES string of the molecule is Nc1ccc2[nH]cc(S(=O)(=O)N3CCOCC3)c2c1. The molecule has 0 bridgehead atoms. The highest BCUT2D eigenvalue weighted by molar-refractivity contribution is 7.89. The average molecular weight is 281 g/mol. The maximum Gasteiger partial charge on any atom is 0.245 e. The van der Waals surface area contributed by atoms with Gasteiger partial charge in [-0.2, -0.15) is 4.31 Å². The number of anilines is 1. The van der Waals surface area contributed by atoms with E-state index in [1.165, 1.54) is 10.5 Å². The first kappa shape index (κ1) is 12.5. The second kappa shape index (κ2) is 4.52. The van der Waals surface area contributed by atoms with Gasteiger partial charge >= 0.3 is 0 Å². The number of aromatic amines is 1. The summed E-state index contributed by atoms with van der Waals surface area (Å²) in [5, 5.41) is 0.631. The van der Waals surface area contributed by atoms with Crippen molar-refractivity contribution in [3.8, 4) is 0 Å². The van der Waals surface area contributed by atoms with Crippen molar-refractivity contribution in [1.29, 1.82) is 0 Å². The lowest BCUT2D eigenvalue weighted by atomic mass is 10.2. The molecule has 0 radical (unpaired) electrons. The largest absolute Gasteiger partial charge is 0.399 e. The summed E-state index contributed by atoms with van der Waals surface area (Å²) in [5.74, 6) is 0. The van der Waals surface area contributed by atoms with Crippen LogP contribution < -0.4 is 5.73 Å². The third-order valence-electron chi connectivity index (χ3n) is 3.26. The van der Waals surface area contributed by atoms with Crippen LogP contribution >= 0.6 is 0 Å². The number of nitrogens with one attached hydrogen (secondary N) is 1. The molecule has 3 rings (SSSR count). The minimum atomic E-state index is -3.50. The van der Waals surface area contributed by atoms with Crippen molar-refractivity contribution >= 4 is 26.6 Å². The Bertz CT molecular complexity index is 702. The van der Waals surface area contributed by atoms with Crippen LogP contribution in [0, 0.1) is 0 Å². The van der Waals surface area contributed by atoms with Gasteiger partial charge in [-0.3, -0.25) is 0 Å². The number of nitrogen functional groups attached to an aromatic ring is 1. The number of benzene rings is 1. The summed E-state index contributed by atoms with van der Waals surface area (Å²) >= 11 is 0. The zero-order chi connectivity index (χ0) is 13.5. The summed E-state index contributed by atoms with van der Waals surface area (Å²) < 4.78 is 31.8. The van der Waals surface area contributed by atoms with Gasteiger partial charge in [0, 0.05) is 35.9 Å². The van der Waals surface area contributed by atoms with Gasteiger partial charge in [-0.05, 0) is 18.2 Å². The normalized spacial score (nSPS) is 17.9. The molecule has 0 atom stereocenters. The van der Waals surface area contributed by atoms with Gasteiger partial charge in [-0.25, -0.2) is 8.42 Å². The fourth-order valence-corrected chi connectivity index (χ4v) is 3.81. The number of hydrogen-bond acceptors (Lipinski definition) is 4. The Hall–Kier alpha value is -1.57. The van der Waals surface area contributed by atoms with Gasteiger partial charge in [0.15, 0.2) is 0 Å². The fraction of sp³-hybridized carbons (Fsp3) is 0.333. The van der Waals surface area contributed by atoms with Crippen LogP contribution in [-0.2, 0) is 14.8 Å². The van der Waals surface area contributed by atoms with E-state index < -0.39 is 10.0 Å². The van der Waals surface area contributed by atoms with Crippen LogP contribution in [0.2, 0.25) is 0 Å². The molecule has 3 N–H and O–H groups in total. The number of nitrogens with two attached hydrogens (primary N) is 1. The molecule has 7 heteroatoms. The van der Waals surface area contributed by atoms with E-state index in [0.29, 0.717) is 37.4 Å². The molecule has 1 aliphatic rings. The number of nitrogens with zero attached hydrogens (tertiary/aromatic N) is 1. The lowest BCUT2D eigenvalue weighted by Gasteiger charge is -2.25. The first-order valence-corrected chi connectivity index (χ1v) is 7.47. The minimum absolute atomic E-state index is 0.275. The minimum Gasteiger partial charge on any atom is -0.399 e. The Balaban J connectivity index is 2.10. The second-order valence-corrected chi connectivity index (χ2v) is 6.38. The first-order chi connectivity index (χ1) is 9.09. The molecular weight excluding hydrogens is 266 g/mol. The Labute approximate surface area is 111 Å². The summed E-state index contributed by atoms with van der Waals surface area (Å²) in [4.78, 5) is 3.24. The zero-order valence-corrected chi connectivity index (χ0v) is 11.1. The van der Waals surface area contributed by atoms with Crippen LogP contribution in [0.15, 0.2) is 29.3 Å². The van der Waals surface area contributed by atoms with Gasteiger partial charge in [0.25, 0.3) is 0 Å². The summed E-state index contributed by atoms with van der Waals surface area (Å²) in [6.45, 7) is 1.64. The van der Waals surface area contributed by atoms with Gasteiger partial charge in [0.2, 0.25) is 10.0 Å².